The summed E-state index contributed by atoms with van der Waals surface area (Å²) >= 11 is 0. The van der Waals surface area contributed by atoms with E-state index in [-0.39, 0.29) is 18.2 Å². The Labute approximate surface area is 162 Å². The largest absolute Gasteiger partial charge is 0.493 e. The molecule has 7 heteroatoms. The molecule has 27 heavy (non-hydrogen) atoms. The van der Waals surface area contributed by atoms with E-state index in [2.05, 4.69) is 22.5 Å². The van der Waals surface area contributed by atoms with Crippen molar-refractivity contribution in [2.75, 3.05) is 40.0 Å². The molecular weight excluding hydrogens is 346 g/mol. The van der Waals surface area contributed by atoms with E-state index in [1.807, 2.05) is 38.1 Å². The van der Waals surface area contributed by atoms with Crippen molar-refractivity contribution in [3.05, 3.63) is 24.3 Å². The molecule has 0 radical (unpaired) electrons. The van der Waals surface area contributed by atoms with Crippen molar-refractivity contribution < 1.29 is 18.9 Å². The molecule has 152 valence electrons. The van der Waals surface area contributed by atoms with E-state index in [1.165, 1.54) is 0 Å². The molecule has 0 spiro atoms. The van der Waals surface area contributed by atoms with Crippen LogP contribution < -0.4 is 20.1 Å². The van der Waals surface area contributed by atoms with Crippen LogP contribution in [0.2, 0.25) is 0 Å². The van der Waals surface area contributed by atoms with Crippen molar-refractivity contribution in [2.24, 2.45) is 4.99 Å². The van der Waals surface area contributed by atoms with Gasteiger partial charge in [0.15, 0.2) is 17.5 Å². The van der Waals surface area contributed by atoms with Crippen LogP contribution in [0.1, 0.15) is 27.2 Å². The van der Waals surface area contributed by atoms with Crippen molar-refractivity contribution in [3.63, 3.8) is 0 Å². The lowest BCUT2D eigenvalue weighted by atomic mass is 10.3. The van der Waals surface area contributed by atoms with Gasteiger partial charge in [-0.15, -0.1) is 0 Å². The molecule has 0 aromatic heterocycles. The number of guanidine groups is 1. The van der Waals surface area contributed by atoms with E-state index in [0.717, 1.165) is 37.0 Å². The van der Waals surface area contributed by atoms with Gasteiger partial charge >= 0.3 is 0 Å². The summed E-state index contributed by atoms with van der Waals surface area (Å²) in [5, 5.41) is 6.64. The predicted octanol–water partition coefficient (Wildman–Crippen LogP) is 2.21. The van der Waals surface area contributed by atoms with Gasteiger partial charge in [0.25, 0.3) is 0 Å². The molecule has 0 amide bonds. The van der Waals surface area contributed by atoms with E-state index < -0.39 is 0 Å². The zero-order valence-electron chi connectivity index (χ0n) is 16.9. The average Bonchev–Trinajstić information content (AvgIpc) is 3.19. The van der Waals surface area contributed by atoms with Gasteiger partial charge in [0.2, 0.25) is 0 Å². The molecule has 1 aliphatic heterocycles. The van der Waals surface area contributed by atoms with Crippen molar-refractivity contribution in [1.82, 2.24) is 10.6 Å². The molecular formula is C20H33N3O4. The fourth-order valence-corrected chi connectivity index (χ4v) is 2.71. The average molecular weight is 380 g/mol. The Morgan fingerprint density at radius 2 is 2.07 bits per heavy atom. The fourth-order valence-electron chi connectivity index (χ4n) is 2.71. The van der Waals surface area contributed by atoms with Crippen LogP contribution in [-0.4, -0.2) is 64.2 Å². The lowest BCUT2D eigenvalue weighted by Crippen LogP contribution is -2.45. The van der Waals surface area contributed by atoms with Crippen LogP contribution in [0.5, 0.6) is 11.5 Å². The maximum absolute atomic E-state index is 5.96. The van der Waals surface area contributed by atoms with E-state index in [1.54, 1.807) is 7.11 Å². The molecule has 1 aromatic carbocycles. The van der Waals surface area contributed by atoms with Crippen molar-refractivity contribution >= 4 is 5.96 Å². The number of rotatable bonds is 10. The highest BCUT2D eigenvalue weighted by atomic mass is 16.5. The molecule has 2 rings (SSSR count). The molecule has 1 fully saturated rings. The second kappa shape index (κ2) is 11.7. The SMILES string of the molecule is CCNC(=NCC(C)Oc1ccccc1OC)NC(C)COC1CCOC1. The van der Waals surface area contributed by atoms with E-state index in [9.17, 15) is 0 Å². The third-order valence-electron chi connectivity index (χ3n) is 4.10. The molecule has 0 saturated carbocycles. The summed E-state index contributed by atoms with van der Waals surface area (Å²) in [5.74, 6) is 2.20. The first kappa shape index (κ1) is 21.3. The summed E-state index contributed by atoms with van der Waals surface area (Å²) in [6.45, 7) is 9.53. The van der Waals surface area contributed by atoms with Crippen molar-refractivity contribution in [3.8, 4) is 11.5 Å². The lowest BCUT2D eigenvalue weighted by molar-refractivity contribution is 0.0347. The van der Waals surface area contributed by atoms with Crippen molar-refractivity contribution in [2.45, 2.75) is 45.4 Å². The normalized spacial score (nSPS) is 19.4. The Morgan fingerprint density at radius 3 is 2.74 bits per heavy atom. The Kier molecular flexibility index (Phi) is 9.21. The third-order valence-corrected chi connectivity index (χ3v) is 4.10. The molecule has 3 unspecified atom stereocenters. The number of nitrogens with one attached hydrogen (secondary N) is 2. The van der Waals surface area contributed by atoms with Gasteiger partial charge in [-0.05, 0) is 39.3 Å². The molecule has 1 heterocycles. The minimum atomic E-state index is -0.0843. The number of hydrogen-bond donors (Lipinski definition) is 2. The Balaban J connectivity index is 1.81. The summed E-state index contributed by atoms with van der Waals surface area (Å²) in [7, 11) is 1.64. The minimum absolute atomic E-state index is 0.0843. The standard InChI is InChI=1S/C20H33N3O4/c1-5-21-20(23-15(2)13-26-17-10-11-25-14-17)22-12-16(3)27-19-9-7-6-8-18(19)24-4/h6-9,15-17H,5,10-14H2,1-4H3,(H2,21,22,23). The van der Waals surface area contributed by atoms with Gasteiger partial charge in [-0.3, -0.25) is 0 Å². The third kappa shape index (κ3) is 7.64. The number of aliphatic imine (C=N–C) groups is 1. The molecule has 2 N–H and O–H groups in total. The number of nitrogens with zero attached hydrogens (tertiary/aromatic N) is 1. The second-order valence-corrected chi connectivity index (χ2v) is 6.66. The van der Waals surface area contributed by atoms with Crippen LogP contribution in [0.15, 0.2) is 29.3 Å². The minimum Gasteiger partial charge on any atom is -0.493 e. The van der Waals surface area contributed by atoms with E-state index >= 15 is 0 Å². The molecule has 3 atom stereocenters. The molecule has 1 saturated heterocycles. The summed E-state index contributed by atoms with van der Waals surface area (Å²) < 4.78 is 22.5. The van der Waals surface area contributed by atoms with Gasteiger partial charge in [-0.2, -0.15) is 0 Å². The monoisotopic (exact) mass is 379 g/mol. The zero-order valence-corrected chi connectivity index (χ0v) is 16.9. The Morgan fingerprint density at radius 1 is 1.30 bits per heavy atom. The number of benzene rings is 1. The molecule has 1 aliphatic rings. The molecule has 1 aromatic rings. The first-order chi connectivity index (χ1) is 13.1. The highest BCUT2D eigenvalue weighted by Crippen LogP contribution is 2.26. The van der Waals surface area contributed by atoms with Gasteiger partial charge in [-0.1, -0.05) is 12.1 Å². The first-order valence-electron chi connectivity index (χ1n) is 9.66. The van der Waals surface area contributed by atoms with Crippen LogP contribution >= 0.6 is 0 Å². The maximum Gasteiger partial charge on any atom is 0.191 e. The van der Waals surface area contributed by atoms with Gasteiger partial charge in [0.1, 0.15) is 6.10 Å². The second-order valence-electron chi connectivity index (χ2n) is 6.66. The smallest absolute Gasteiger partial charge is 0.191 e. The Hall–Kier alpha value is -1.99. The molecule has 0 bridgehead atoms. The first-order valence-corrected chi connectivity index (χ1v) is 9.66. The van der Waals surface area contributed by atoms with Crippen LogP contribution in [0, 0.1) is 0 Å². The highest BCUT2D eigenvalue weighted by molar-refractivity contribution is 5.80. The molecule has 0 aliphatic carbocycles. The maximum atomic E-state index is 5.96. The van der Waals surface area contributed by atoms with Crippen LogP contribution in [0.25, 0.3) is 0 Å². The van der Waals surface area contributed by atoms with Crippen molar-refractivity contribution in [1.29, 1.82) is 0 Å². The topological polar surface area (TPSA) is 73.3 Å². The lowest BCUT2D eigenvalue weighted by Gasteiger charge is -2.20. The van der Waals surface area contributed by atoms with Gasteiger partial charge in [0.05, 0.1) is 33.0 Å². The number of ether oxygens (including phenoxy) is 4. The van der Waals surface area contributed by atoms with Gasteiger partial charge in [-0.25, -0.2) is 4.99 Å². The Bertz CT molecular complexity index is 576. The van der Waals surface area contributed by atoms with Crippen LogP contribution in [0.4, 0.5) is 0 Å². The molecule has 7 nitrogen and oxygen atoms in total. The van der Waals surface area contributed by atoms with Gasteiger partial charge < -0.3 is 29.6 Å². The quantitative estimate of drug-likeness (QED) is 0.480. The predicted molar refractivity (Wildman–Crippen MR) is 107 cm³/mol. The van der Waals surface area contributed by atoms with Crippen LogP contribution in [-0.2, 0) is 9.47 Å². The van der Waals surface area contributed by atoms with Gasteiger partial charge in [0, 0.05) is 19.2 Å². The number of hydrogen-bond acceptors (Lipinski definition) is 5. The highest BCUT2D eigenvalue weighted by Gasteiger charge is 2.17. The number of para-hydroxylation sites is 2. The summed E-state index contributed by atoms with van der Waals surface area (Å²) in [6, 6.07) is 7.77. The van der Waals surface area contributed by atoms with E-state index in [0.29, 0.717) is 19.8 Å². The zero-order chi connectivity index (χ0) is 19.5. The van der Waals surface area contributed by atoms with Crippen LogP contribution in [0.3, 0.4) is 0 Å². The van der Waals surface area contributed by atoms with E-state index in [4.69, 9.17) is 18.9 Å². The fraction of sp³-hybridized carbons (Fsp3) is 0.650. The number of methoxy groups -OCH3 is 1. The summed E-state index contributed by atoms with van der Waals surface area (Å²) in [5.41, 5.74) is 0. The summed E-state index contributed by atoms with van der Waals surface area (Å²) in [4.78, 5) is 4.63. The summed E-state index contributed by atoms with van der Waals surface area (Å²) in [6.07, 6.45) is 1.10.